The minimum Gasteiger partial charge on any atom is -0.457 e. The van der Waals surface area contributed by atoms with Crippen LogP contribution in [0.4, 0.5) is 23.7 Å². The van der Waals surface area contributed by atoms with Crippen molar-refractivity contribution in [3.05, 3.63) is 156 Å². The Balaban J connectivity index is 1.53. The fourth-order valence-electron chi connectivity index (χ4n) is 4.62. The normalized spacial score (nSPS) is 12.7. The molecule has 41 heavy (non-hydrogen) atoms. The first-order valence-corrected chi connectivity index (χ1v) is 12.9. The number of hydrogen-bond donors (Lipinski definition) is 2. The second-order valence-corrected chi connectivity index (χ2v) is 9.38. The van der Waals surface area contributed by atoms with E-state index in [1.807, 2.05) is 60.7 Å². The number of amides is 2. The molecular weight excluding hydrogens is 527 g/mol. The number of carbonyl (C=O) groups excluding carboxylic acids is 1. The van der Waals surface area contributed by atoms with Crippen LogP contribution in [0.3, 0.4) is 0 Å². The van der Waals surface area contributed by atoms with Gasteiger partial charge in [-0.2, -0.15) is 13.2 Å². The first-order valence-electron chi connectivity index (χ1n) is 12.9. The highest BCUT2D eigenvalue weighted by molar-refractivity contribution is 5.90. The van der Waals surface area contributed by atoms with Crippen LogP contribution in [-0.4, -0.2) is 11.0 Å². The van der Waals surface area contributed by atoms with Gasteiger partial charge in [-0.25, -0.2) is 4.79 Å². The van der Waals surface area contributed by atoms with E-state index in [4.69, 9.17) is 4.74 Å². The Hall–Kier alpha value is -5.11. The van der Waals surface area contributed by atoms with E-state index in [-0.39, 0.29) is 12.0 Å². The van der Waals surface area contributed by atoms with Gasteiger partial charge in [-0.3, -0.25) is 4.98 Å². The molecule has 0 fully saturated rings. The van der Waals surface area contributed by atoms with E-state index in [1.165, 1.54) is 6.07 Å². The molecule has 5 rings (SSSR count). The van der Waals surface area contributed by atoms with Crippen molar-refractivity contribution in [2.45, 2.75) is 18.1 Å². The molecule has 1 heterocycles. The number of nitrogens with one attached hydrogen (secondary N) is 2. The number of hydrogen-bond acceptors (Lipinski definition) is 3. The number of alkyl halides is 3. The van der Waals surface area contributed by atoms with Gasteiger partial charge in [0.15, 0.2) is 0 Å². The van der Waals surface area contributed by atoms with Gasteiger partial charge in [0.1, 0.15) is 17.0 Å². The van der Waals surface area contributed by atoms with Gasteiger partial charge < -0.3 is 15.4 Å². The lowest BCUT2D eigenvalue weighted by atomic mass is 9.80. The topological polar surface area (TPSA) is 63.2 Å². The van der Waals surface area contributed by atoms with Gasteiger partial charge in [0.05, 0.1) is 11.3 Å². The third kappa shape index (κ3) is 6.73. The number of carbonyl (C=O) groups is 1. The van der Waals surface area contributed by atoms with Crippen molar-refractivity contribution >= 4 is 11.7 Å². The summed E-state index contributed by atoms with van der Waals surface area (Å²) in [6.07, 6.45) is -2.87. The standard InChI is InChI=1S/C33H26F3N3O2/c34-33(35,36)26-14-9-13-25(21-26)32(30-19-7-8-20-37-30,23-24-11-3-1-4-12-24)39-31(40)38-27-15-10-18-29(22-27)41-28-16-5-2-6-17-28/h1-22H,23H2,(H2,38,39,40). The molecule has 1 atom stereocenters. The summed E-state index contributed by atoms with van der Waals surface area (Å²) in [5.41, 5.74) is -0.391. The molecule has 0 saturated heterocycles. The Morgan fingerprint density at radius 2 is 1.37 bits per heavy atom. The van der Waals surface area contributed by atoms with E-state index in [2.05, 4.69) is 15.6 Å². The van der Waals surface area contributed by atoms with Crippen molar-refractivity contribution in [2.24, 2.45) is 0 Å². The maximum Gasteiger partial charge on any atom is 0.416 e. The summed E-state index contributed by atoms with van der Waals surface area (Å²) < 4.78 is 47.3. The molecule has 4 aromatic carbocycles. The van der Waals surface area contributed by atoms with Crippen LogP contribution in [0.2, 0.25) is 0 Å². The van der Waals surface area contributed by atoms with Crippen LogP contribution < -0.4 is 15.4 Å². The Kier molecular flexibility index (Phi) is 8.01. The van der Waals surface area contributed by atoms with E-state index in [9.17, 15) is 18.0 Å². The van der Waals surface area contributed by atoms with Crippen molar-refractivity contribution in [1.82, 2.24) is 10.3 Å². The quantitative estimate of drug-likeness (QED) is 0.204. The second-order valence-electron chi connectivity index (χ2n) is 9.38. The number of anilines is 1. The number of urea groups is 1. The molecular formula is C33H26F3N3O2. The molecule has 0 aliphatic heterocycles. The zero-order chi connectivity index (χ0) is 28.7. The van der Waals surface area contributed by atoms with Crippen LogP contribution in [0.15, 0.2) is 134 Å². The number of nitrogens with zero attached hydrogens (tertiary/aromatic N) is 1. The number of pyridine rings is 1. The van der Waals surface area contributed by atoms with Gasteiger partial charge in [0, 0.05) is 24.4 Å². The fraction of sp³-hybridized carbons (Fsp3) is 0.0909. The lowest BCUT2D eigenvalue weighted by molar-refractivity contribution is -0.137. The molecule has 2 amide bonds. The van der Waals surface area contributed by atoms with Crippen LogP contribution in [-0.2, 0) is 18.1 Å². The number of halogens is 3. The van der Waals surface area contributed by atoms with Crippen LogP contribution in [0.25, 0.3) is 0 Å². The highest BCUT2D eigenvalue weighted by Crippen LogP contribution is 2.37. The number of ether oxygens (including phenoxy) is 1. The van der Waals surface area contributed by atoms with E-state index in [0.29, 0.717) is 22.9 Å². The predicted octanol–water partition coefficient (Wildman–Crippen LogP) is 8.20. The number of para-hydroxylation sites is 1. The summed E-state index contributed by atoms with van der Waals surface area (Å²) in [4.78, 5) is 18.1. The van der Waals surface area contributed by atoms with Gasteiger partial charge in [0.2, 0.25) is 0 Å². The lowest BCUT2D eigenvalue weighted by Crippen LogP contribution is -2.50. The summed E-state index contributed by atoms with van der Waals surface area (Å²) in [6, 6.07) is 34.8. The van der Waals surface area contributed by atoms with Crippen LogP contribution >= 0.6 is 0 Å². The number of benzene rings is 4. The Bertz CT molecular complexity index is 1600. The summed E-state index contributed by atoms with van der Waals surface area (Å²) in [7, 11) is 0. The SMILES string of the molecule is O=C(Nc1cccc(Oc2ccccc2)c1)NC(Cc1ccccc1)(c1cccc(C(F)(F)F)c1)c1ccccn1. The van der Waals surface area contributed by atoms with Crippen LogP contribution in [0.5, 0.6) is 11.5 Å². The molecule has 0 bridgehead atoms. The predicted molar refractivity (Wildman–Crippen MR) is 152 cm³/mol. The molecule has 0 aliphatic carbocycles. The molecule has 1 aromatic heterocycles. The van der Waals surface area contributed by atoms with E-state index >= 15 is 0 Å². The van der Waals surface area contributed by atoms with Crippen molar-refractivity contribution in [1.29, 1.82) is 0 Å². The molecule has 206 valence electrons. The second kappa shape index (κ2) is 12.0. The molecule has 1 unspecified atom stereocenters. The molecule has 0 radical (unpaired) electrons. The van der Waals surface area contributed by atoms with Crippen molar-refractivity contribution < 1.29 is 22.7 Å². The van der Waals surface area contributed by atoms with Crippen LogP contribution in [0.1, 0.15) is 22.4 Å². The maximum absolute atomic E-state index is 13.8. The molecule has 0 spiro atoms. The zero-order valence-electron chi connectivity index (χ0n) is 21.8. The highest BCUT2D eigenvalue weighted by atomic mass is 19.4. The van der Waals surface area contributed by atoms with Gasteiger partial charge in [-0.05, 0) is 59.7 Å². The Labute approximate surface area is 235 Å². The lowest BCUT2D eigenvalue weighted by Gasteiger charge is -2.35. The molecule has 2 N–H and O–H groups in total. The Morgan fingerprint density at radius 1 is 0.707 bits per heavy atom. The number of rotatable bonds is 8. The van der Waals surface area contributed by atoms with Gasteiger partial charge in [0.25, 0.3) is 0 Å². The van der Waals surface area contributed by atoms with Crippen LogP contribution in [0, 0.1) is 0 Å². The first-order chi connectivity index (χ1) is 19.8. The third-order valence-corrected chi connectivity index (χ3v) is 6.49. The Morgan fingerprint density at radius 3 is 2.07 bits per heavy atom. The van der Waals surface area contributed by atoms with E-state index in [0.717, 1.165) is 17.7 Å². The summed E-state index contributed by atoms with van der Waals surface area (Å²) in [6.45, 7) is 0. The zero-order valence-corrected chi connectivity index (χ0v) is 21.8. The van der Waals surface area contributed by atoms with Gasteiger partial charge in [-0.1, -0.05) is 72.8 Å². The smallest absolute Gasteiger partial charge is 0.416 e. The molecule has 5 aromatic rings. The molecule has 5 nitrogen and oxygen atoms in total. The molecule has 0 aliphatic rings. The maximum atomic E-state index is 13.8. The van der Waals surface area contributed by atoms with Crippen molar-refractivity contribution in [2.75, 3.05) is 5.32 Å². The third-order valence-electron chi connectivity index (χ3n) is 6.49. The summed E-state index contributed by atoms with van der Waals surface area (Å²) in [5, 5.41) is 5.80. The first kappa shape index (κ1) is 27.5. The average molecular weight is 554 g/mol. The molecule has 0 saturated carbocycles. The fourth-order valence-corrected chi connectivity index (χ4v) is 4.62. The monoisotopic (exact) mass is 553 g/mol. The average Bonchev–Trinajstić information content (AvgIpc) is 2.98. The summed E-state index contributed by atoms with van der Waals surface area (Å²) >= 11 is 0. The van der Waals surface area contributed by atoms with Crippen molar-refractivity contribution in [3.63, 3.8) is 0 Å². The minimum atomic E-state index is -4.57. The van der Waals surface area contributed by atoms with E-state index in [1.54, 1.807) is 54.7 Å². The van der Waals surface area contributed by atoms with Gasteiger partial charge in [-0.15, -0.1) is 0 Å². The molecule has 8 heteroatoms. The highest BCUT2D eigenvalue weighted by Gasteiger charge is 2.40. The van der Waals surface area contributed by atoms with Gasteiger partial charge >= 0.3 is 12.2 Å². The largest absolute Gasteiger partial charge is 0.457 e. The van der Waals surface area contributed by atoms with E-state index < -0.39 is 23.3 Å². The minimum absolute atomic E-state index is 0.150. The summed E-state index contributed by atoms with van der Waals surface area (Å²) in [5.74, 6) is 1.14. The number of aromatic nitrogens is 1. The van der Waals surface area contributed by atoms with Crippen molar-refractivity contribution in [3.8, 4) is 11.5 Å².